The summed E-state index contributed by atoms with van der Waals surface area (Å²) in [6, 6.07) is 10.1. The molecule has 0 aromatic heterocycles. The molecule has 1 amide bonds. The van der Waals surface area contributed by atoms with Crippen molar-refractivity contribution in [3.05, 3.63) is 30.3 Å². The quantitative estimate of drug-likeness (QED) is 0.452. The van der Waals surface area contributed by atoms with E-state index in [0.717, 1.165) is 44.2 Å². The molecule has 2 rings (SSSR count). The van der Waals surface area contributed by atoms with Crippen LogP contribution in [0.25, 0.3) is 0 Å². The van der Waals surface area contributed by atoms with Gasteiger partial charge in [-0.25, -0.2) is 0 Å². The maximum atomic E-state index is 11.7. The van der Waals surface area contributed by atoms with Gasteiger partial charge in [0.1, 0.15) is 5.75 Å². The van der Waals surface area contributed by atoms with Gasteiger partial charge in [0.2, 0.25) is 5.91 Å². The molecule has 1 saturated heterocycles. The first-order valence-corrected chi connectivity index (χ1v) is 8.65. The molecule has 0 saturated carbocycles. The summed E-state index contributed by atoms with van der Waals surface area (Å²) >= 11 is 0. The first-order valence-electron chi connectivity index (χ1n) is 8.65. The normalized spacial score (nSPS) is 17.7. The van der Waals surface area contributed by atoms with Gasteiger partial charge in [-0.15, -0.1) is 0 Å². The fourth-order valence-corrected chi connectivity index (χ4v) is 2.70. The minimum atomic E-state index is 0.223. The van der Waals surface area contributed by atoms with Crippen molar-refractivity contribution in [3.8, 4) is 5.75 Å². The third kappa shape index (κ3) is 5.76. The van der Waals surface area contributed by atoms with Gasteiger partial charge in [0.05, 0.1) is 6.61 Å². The summed E-state index contributed by atoms with van der Waals surface area (Å²) in [6.07, 6.45) is 2.42. The predicted molar refractivity (Wildman–Crippen MR) is 96.3 cm³/mol. The standard InChI is InChI=1S/C18H28N4O2/c1-3-17(23)22-12-10-15(14-22)21-18(19-2)20-11-7-13-24-16-8-5-4-6-9-16/h4-6,8-9,15H,3,7,10-14H2,1-2H3,(H2,19,20,21). The van der Waals surface area contributed by atoms with E-state index in [-0.39, 0.29) is 11.9 Å². The summed E-state index contributed by atoms with van der Waals surface area (Å²) in [7, 11) is 1.76. The van der Waals surface area contributed by atoms with Gasteiger partial charge in [0.25, 0.3) is 0 Å². The minimum absolute atomic E-state index is 0.223. The molecule has 6 heteroatoms. The fourth-order valence-electron chi connectivity index (χ4n) is 2.70. The zero-order valence-corrected chi connectivity index (χ0v) is 14.6. The van der Waals surface area contributed by atoms with Gasteiger partial charge in [-0.1, -0.05) is 25.1 Å². The number of para-hydroxylation sites is 1. The number of guanidine groups is 1. The van der Waals surface area contributed by atoms with Crippen LogP contribution in [0.1, 0.15) is 26.2 Å². The van der Waals surface area contributed by atoms with E-state index in [1.54, 1.807) is 7.05 Å². The van der Waals surface area contributed by atoms with Gasteiger partial charge in [0, 0.05) is 39.1 Å². The van der Waals surface area contributed by atoms with Crippen LogP contribution in [0, 0.1) is 0 Å². The fraction of sp³-hybridized carbons (Fsp3) is 0.556. The van der Waals surface area contributed by atoms with Crippen LogP contribution in [-0.2, 0) is 4.79 Å². The molecule has 2 N–H and O–H groups in total. The second-order valence-corrected chi connectivity index (χ2v) is 5.84. The molecule has 0 radical (unpaired) electrons. The largest absolute Gasteiger partial charge is 0.494 e. The summed E-state index contributed by atoms with van der Waals surface area (Å²) < 4.78 is 5.66. The highest BCUT2D eigenvalue weighted by Crippen LogP contribution is 2.10. The summed E-state index contributed by atoms with van der Waals surface area (Å²) in [6.45, 7) is 4.94. The molecule has 24 heavy (non-hydrogen) atoms. The Hall–Kier alpha value is -2.24. The Morgan fingerprint density at radius 1 is 1.38 bits per heavy atom. The number of nitrogens with zero attached hydrogens (tertiary/aromatic N) is 2. The molecular weight excluding hydrogens is 304 g/mol. The Bertz CT molecular complexity index is 533. The van der Waals surface area contributed by atoms with Crippen LogP contribution in [0.4, 0.5) is 0 Å². The average Bonchev–Trinajstić information content (AvgIpc) is 3.09. The highest BCUT2D eigenvalue weighted by atomic mass is 16.5. The molecule has 1 aromatic rings. The molecule has 1 aromatic carbocycles. The topological polar surface area (TPSA) is 66.0 Å². The lowest BCUT2D eigenvalue weighted by molar-refractivity contribution is -0.129. The Morgan fingerprint density at radius 3 is 2.88 bits per heavy atom. The monoisotopic (exact) mass is 332 g/mol. The second kappa shape index (κ2) is 9.80. The van der Waals surface area contributed by atoms with E-state index in [0.29, 0.717) is 13.0 Å². The van der Waals surface area contributed by atoms with Gasteiger partial charge >= 0.3 is 0 Å². The van der Waals surface area contributed by atoms with Gasteiger partial charge in [-0.05, 0) is 25.0 Å². The molecule has 1 unspecified atom stereocenters. The van der Waals surface area contributed by atoms with Crippen molar-refractivity contribution >= 4 is 11.9 Å². The zero-order valence-electron chi connectivity index (χ0n) is 14.6. The minimum Gasteiger partial charge on any atom is -0.494 e. The van der Waals surface area contributed by atoms with Gasteiger partial charge in [-0.3, -0.25) is 9.79 Å². The summed E-state index contributed by atoms with van der Waals surface area (Å²) in [5.74, 6) is 1.90. The van der Waals surface area contributed by atoms with E-state index in [2.05, 4.69) is 15.6 Å². The second-order valence-electron chi connectivity index (χ2n) is 5.84. The molecule has 132 valence electrons. The van der Waals surface area contributed by atoms with E-state index < -0.39 is 0 Å². The maximum Gasteiger partial charge on any atom is 0.222 e. The van der Waals surface area contributed by atoms with E-state index in [1.165, 1.54) is 0 Å². The number of amides is 1. The van der Waals surface area contributed by atoms with Crippen LogP contribution in [-0.4, -0.2) is 56.1 Å². The van der Waals surface area contributed by atoms with Gasteiger partial charge in [0.15, 0.2) is 5.96 Å². The van der Waals surface area contributed by atoms with Crippen molar-refractivity contribution in [2.24, 2.45) is 4.99 Å². The first-order chi connectivity index (χ1) is 11.7. The number of likely N-dealkylation sites (tertiary alicyclic amines) is 1. The van der Waals surface area contributed by atoms with Gasteiger partial charge < -0.3 is 20.3 Å². The van der Waals surface area contributed by atoms with Crippen LogP contribution < -0.4 is 15.4 Å². The van der Waals surface area contributed by atoms with Crippen LogP contribution >= 0.6 is 0 Å². The highest BCUT2D eigenvalue weighted by molar-refractivity contribution is 5.80. The zero-order chi connectivity index (χ0) is 17.2. The number of carbonyl (C=O) groups is 1. The van der Waals surface area contributed by atoms with Crippen molar-refractivity contribution in [2.75, 3.05) is 33.3 Å². The molecule has 0 spiro atoms. The van der Waals surface area contributed by atoms with E-state index in [9.17, 15) is 4.79 Å². The molecular formula is C18H28N4O2. The van der Waals surface area contributed by atoms with E-state index >= 15 is 0 Å². The van der Waals surface area contributed by atoms with Crippen LogP contribution in [0.15, 0.2) is 35.3 Å². The lowest BCUT2D eigenvalue weighted by Crippen LogP contribution is -2.45. The number of hydrogen-bond acceptors (Lipinski definition) is 3. The molecule has 6 nitrogen and oxygen atoms in total. The predicted octanol–water partition coefficient (Wildman–Crippen LogP) is 1.63. The first kappa shape index (κ1) is 18.1. The highest BCUT2D eigenvalue weighted by Gasteiger charge is 2.25. The SMILES string of the molecule is CCC(=O)N1CCC(NC(=NC)NCCCOc2ccccc2)C1. The summed E-state index contributed by atoms with van der Waals surface area (Å²) in [5, 5.41) is 6.68. The van der Waals surface area contributed by atoms with Crippen molar-refractivity contribution in [3.63, 3.8) is 0 Å². The number of ether oxygens (including phenoxy) is 1. The lowest BCUT2D eigenvalue weighted by atomic mass is 10.3. The van der Waals surface area contributed by atoms with E-state index in [4.69, 9.17) is 4.74 Å². The third-order valence-corrected chi connectivity index (χ3v) is 4.03. The molecule has 1 aliphatic rings. The lowest BCUT2D eigenvalue weighted by Gasteiger charge is -2.18. The molecule has 0 bridgehead atoms. The number of aliphatic imine (C=N–C) groups is 1. The van der Waals surface area contributed by atoms with Crippen molar-refractivity contribution in [1.29, 1.82) is 0 Å². The number of carbonyl (C=O) groups excluding carboxylic acids is 1. The smallest absolute Gasteiger partial charge is 0.222 e. The number of hydrogen-bond donors (Lipinski definition) is 2. The number of benzene rings is 1. The Labute approximate surface area is 144 Å². The van der Waals surface area contributed by atoms with Crippen molar-refractivity contribution < 1.29 is 9.53 Å². The third-order valence-electron chi connectivity index (χ3n) is 4.03. The maximum absolute atomic E-state index is 11.7. The van der Waals surface area contributed by atoms with Crippen molar-refractivity contribution in [1.82, 2.24) is 15.5 Å². The van der Waals surface area contributed by atoms with Crippen molar-refractivity contribution in [2.45, 2.75) is 32.2 Å². The van der Waals surface area contributed by atoms with Crippen LogP contribution in [0.2, 0.25) is 0 Å². The molecule has 1 heterocycles. The van der Waals surface area contributed by atoms with Crippen LogP contribution in [0.3, 0.4) is 0 Å². The van der Waals surface area contributed by atoms with Crippen LogP contribution in [0.5, 0.6) is 5.75 Å². The Kier molecular flexibility index (Phi) is 7.39. The Balaban J connectivity index is 1.62. The van der Waals surface area contributed by atoms with E-state index in [1.807, 2.05) is 42.2 Å². The molecule has 0 aliphatic carbocycles. The number of rotatable bonds is 7. The summed E-state index contributed by atoms with van der Waals surface area (Å²) in [4.78, 5) is 17.9. The number of nitrogens with one attached hydrogen (secondary N) is 2. The Morgan fingerprint density at radius 2 is 2.17 bits per heavy atom. The van der Waals surface area contributed by atoms with Gasteiger partial charge in [-0.2, -0.15) is 0 Å². The summed E-state index contributed by atoms with van der Waals surface area (Å²) in [5.41, 5.74) is 0. The molecule has 1 fully saturated rings. The average molecular weight is 332 g/mol. The molecule has 1 aliphatic heterocycles. The molecule has 1 atom stereocenters.